The molecule has 2 aromatic carbocycles. The van der Waals surface area contributed by atoms with Gasteiger partial charge >= 0.3 is 0 Å². The molecule has 0 fully saturated rings. The lowest BCUT2D eigenvalue weighted by atomic mass is 9.89. The van der Waals surface area contributed by atoms with E-state index in [2.05, 4.69) is 77.9 Å². The molecule has 2 unspecified atom stereocenters. The Morgan fingerprint density at radius 1 is 0.439 bits per heavy atom. The van der Waals surface area contributed by atoms with E-state index in [0.29, 0.717) is 13.2 Å². The zero-order valence-electron chi connectivity index (χ0n) is 36.5. The van der Waals surface area contributed by atoms with Gasteiger partial charge in [-0.3, -0.25) is 0 Å². The average molecular weight is 825 g/mol. The Hall–Kier alpha value is -2.02. The molecule has 2 nitrogen and oxygen atoms in total. The molecule has 57 heavy (non-hydrogen) atoms. The predicted octanol–water partition coefficient (Wildman–Crippen LogP) is 17.7. The summed E-state index contributed by atoms with van der Waals surface area (Å²) in [6.07, 6.45) is 30.1. The third-order valence-electron chi connectivity index (χ3n) is 13.2. The SMILES string of the molecule is CCCCCCCCCCCCc1cc2c(s1)-c1cc3cc4c(cc3cc1C2(C)OCC)-c1sc2cc(CCCCCCCCCCCC)sc2c1C4(C)OCC. The van der Waals surface area contributed by atoms with Gasteiger partial charge in [-0.25, -0.2) is 0 Å². The normalized spacial score (nSPS) is 18.2. The predicted molar refractivity (Wildman–Crippen MR) is 253 cm³/mol. The van der Waals surface area contributed by atoms with E-state index in [0.717, 1.165) is 0 Å². The maximum Gasteiger partial charge on any atom is 0.119 e. The highest BCUT2D eigenvalue weighted by atomic mass is 32.1. The summed E-state index contributed by atoms with van der Waals surface area (Å²) in [5.74, 6) is 0. The first-order valence-corrected chi connectivity index (χ1v) is 25.9. The molecule has 3 aromatic heterocycles. The van der Waals surface area contributed by atoms with Crippen LogP contribution in [0.4, 0.5) is 0 Å². The standard InChI is InChI=1S/C52H72O2S3/c1-7-11-13-15-17-19-21-23-25-27-29-39-35-45-48(55-39)41-31-37-34-44-42(32-38(37)33-43(41)51(45,5)53-9-3)49-47(52(44,6)54-10-4)50-46(57-49)36-40(56-50)30-28-26-24-22-20-18-16-14-12-8-2/h31-36H,7-30H2,1-6H3. The van der Waals surface area contributed by atoms with Gasteiger partial charge in [-0.1, -0.05) is 129 Å². The zero-order chi connectivity index (χ0) is 39.8. The number of aryl methyl sites for hydroxylation is 2. The Morgan fingerprint density at radius 2 is 0.895 bits per heavy atom. The molecule has 0 saturated heterocycles. The van der Waals surface area contributed by atoms with Crippen molar-refractivity contribution in [2.75, 3.05) is 13.2 Å². The second-order valence-corrected chi connectivity index (χ2v) is 20.9. The molecule has 0 saturated carbocycles. The molecule has 0 amide bonds. The quantitative estimate of drug-likeness (QED) is 0.0517. The summed E-state index contributed by atoms with van der Waals surface area (Å²) >= 11 is 6.05. The minimum absolute atomic E-state index is 0.416. The van der Waals surface area contributed by atoms with Crippen LogP contribution in [0.2, 0.25) is 0 Å². The molecule has 0 spiro atoms. The van der Waals surface area contributed by atoms with Crippen LogP contribution >= 0.6 is 34.0 Å². The van der Waals surface area contributed by atoms with Crippen LogP contribution < -0.4 is 0 Å². The summed E-state index contributed by atoms with van der Waals surface area (Å²) in [4.78, 5) is 5.90. The van der Waals surface area contributed by atoms with Crippen molar-refractivity contribution >= 4 is 54.2 Å². The molecule has 0 N–H and O–H groups in total. The van der Waals surface area contributed by atoms with Crippen molar-refractivity contribution in [3.8, 4) is 20.9 Å². The molecule has 0 aliphatic heterocycles. The molecule has 3 heterocycles. The number of fused-ring (bicyclic) bond motifs is 9. The van der Waals surface area contributed by atoms with Gasteiger partial charge in [0.2, 0.25) is 0 Å². The molecule has 5 aromatic rings. The van der Waals surface area contributed by atoms with Crippen molar-refractivity contribution in [2.24, 2.45) is 0 Å². The van der Waals surface area contributed by atoms with Crippen LogP contribution in [0.15, 0.2) is 36.4 Å². The van der Waals surface area contributed by atoms with Crippen molar-refractivity contribution in [3.05, 3.63) is 68.4 Å². The Labute approximate surface area is 358 Å². The highest BCUT2D eigenvalue weighted by Gasteiger charge is 2.45. The number of unbranched alkanes of at least 4 members (excludes halogenated alkanes) is 18. The van der Waals surface area contributed by atoms with E-state index in [9.17, 15) is 0 Å². The second kappa shape index (κ2) is 20.0. The van der Waals surface area contributed by atoms with Gasteiger partial charge in [-0.15, -0.1) is 34.0 Å². The van der Waals surface area contributed by atoms with Gasteiger partial charge in [0.1, 0.15) is 11.2 Å². The lowest BCUT2D eigenvalue weighted by Gasteiger charge is -2.28. The number of ether oxygens (including phenoxy) is 2. The minimum atomic E-state index is -0.444. The van der Waals surface area contributed by atoms with Gasteiger partial charge in [-0.2, -0.15) is 0 Å². The van der Waals surface area contributed by atoms with Crippen molar-refractivity contribution in [2.45, 2.75) is 194 Å². The Bertz CT molecular complexity index is 2060. The Balaban J connectivity index is 1.07. The number of rotatable bonds is 26. The molecule has 2 aliphatic carbocycles. The first kappa shape index (κ1) is 43.1. The van der Waals surface area contributed by atoms with Crippen LogP contribution in [0.3, 0.4) is 0 Å². The smallest absolute Gasteiger partial charge is 0.119 e. The molecule has 2 aliphatic rings. The first-order chi connectivity index (χ1) is 27.9. The topological polar surface area (TPSA) is 18.5 Å². The molecule has 7 rings (SSSR count). The van der Waals surface area contributed by atoms with Crippen molar-refractivity contribution in [1.82, 2.24) is 0 Å². The second-order valence-electron chi connectivity index (χ2n) is 17.6. The third kappa shape index (κ3) is 9.19. The molecular weight excluding hydrogens is 753 g/mol. The number of hydrogen-bond acceptors (Lipinski definition) is 5. The zero-order valence-corrected chi connectivity index (χ0v) is 38.9. The Kier molecular flexibility index (Phi) is 15.1. The van der Waals surface area contributed by atoms with E-state index in [4.69, 9.17) is 9.47 Å². The highest BCUT2D eigenvalue weighted by molar-refractivity contribution is 7.30. The van der Waals surface area contributed by atoms with Crippen molar-refractivity contribution in [1.29, 1.82) is 0 Å². The van der Waals surface area contributed by atoms with Crippen LogP contribution in [0.25, 0.3) is 41.1 Å². The lowest BCUT2D eigenvalue weighted by molar-refractivity contribution is 0.00764. The largest absolute Gasteiger partial charge is 0.366 e. The lowest BCUT2D eigenvalue weighted by Crippen LogP contribution is -2.25. The monoisotopic (exact) mass is 824 g/mol. The maximum absolute atomic E-state index is 6.84. The fraction of sp³-hybridized carbons (Fsp3) is 0.615. The first-order valence-electron chi connectivity index (χ1n) is 23.5. The summed E-state index contributed by atoms with van der Waals surface area (Å²) in [5, 5.41) is 2.62. The van der Waals surface area contributed by atoms with E-state index in [-0.39, 0.29) is 0 Å². The van der Waals surface area contributed by atoms with E-state index in [1.807, 2.05) is 34.0 Å². The van der Waals surface area contributed by atoms with E-state index in [1.54, 1.807) is 4.88 Å². The number of benzene rings is 2. The fourth-order valence-electron chi connectivity index (χ4n) is 10.1. The molecule has 5 heteroatoms. The van der Waals surface area contributed by atoms with Crippen LogP contribution in [0.5, 0.6) is 0 Å². The van der Waals surface area contributed by atoms with E-state index in [1.165, 1.54) is 209 Å². The highest BCUT2D eigenvalue weighted by Crippen LogP contribution is 2.60. The number of thiophene rings is 3. The molecular formula is C52H72O2S3. The summed E-state index contributed by atoms with van der Waals surface area (Å²) in [6, 6.07) is 14.9. The third-order valence-corrected chi connectivity index (χ3v) is 17.0. The summed E-state index contributed by atoms with van der Waals surface area (Å²) in [5.41, 5.74) is 7.33. The summed E-state index contributed by atoms with van der Waals surface area (Å²) in [7, 11) is 0. The van der Waals surface area contributed by atoms with Crippen LogP contribution in [0, 0.1) is 0 Å². The Morgan fingerprint density at radius 3 is 1.42 bits per heavy atom. The molecule has 310 valence electrons. The van der Waals surface area contributed by atoms with Gasteiger partial charge < -0.3 is 9.47 Å². The van der Waals surface area contributed by atoms with Crippen molar-refractivity contribution < 1.29 is 9.47 Å². The van der Waals surface area contributed by atoms with Gasteiger partial charge in [0, 0.05) is 48.5 Å². The van der Waals surface area contributed by atoms with E-state index < -0.39 is 11.2 Å². The molecule has 0 bridgehead atoms. The molecule has 2 atom stereocenters. The average Bonchev–Trinajstić information content (AvgIpc) is 3.98. The van der Waals surface area contributed by atoms with Gasteiger partial charge in [-0.05, 0) is 123 Å². The van der Waals surface area contributed by atoms with Crippen LogP contribution in [0.1, 0.15) is 202 Å². The molecule has 0 radical (unpaired) electrons. The van der Waals surface area contributed by atoms with Gasteiger partial charge in [0.25, 0.3) is 0 Å². The minimum Gasteiger partial charge on any atom is -0.366 e. The maximum atomic E-state index is 6.84. The fourth-order valence-corrected chi connectivity index (χ4v) is 14.3. The van der Waals surface area contributed by atoms with Crippen LogP contribution in [-0.2, 0) is 33.5 Å². The summed E-state index contributed by atoms with van der Waals surface area (Å²) in [6.45, 7) is 15.0. The van der Waals surface area contributed by atoms with Crippen molar-refractivity contribution in [3.63, 3.8) is 0 Å². The van der Waals surface area contributed by atoms with Gasteiger partial charge in [0.15, 0.2) is 0 Å². The van der Waals surface area contributed by atoms with E-state index >= 15 is 0 Å². The summed E-state index contributed by atoms with van der Waals surface area (Å²) < 4.78 is 16.5. The van der Waals surface area contributed by atoms with Gasteiger partial charge in [0.05, 0.1) is 4.70 Å². The van der Waals surface area contributed by atoms with Crippen LogP contribution in [-0.4, -0.2) is 13.2 Å². The number of hydrogen-bond donors (Lipinski definition) is 0.